The first-order chi connectivity index (χ1) is 13.2. The molecule has 0 fully saturated rings. The Hall–Kier alpha value is -1.68. The van der Waals surface area contributed by atoms with Crippen molar-refractivity contribution in [2.24, 2.45) is 0 Å². The monoisotopic (exact) mass is 420 g/mol. The molecule has 0 aliphatic carbocycles. The molecule has 144 valence electrons. The summed E-state index contributed by atoms with van der Waals surface area (Å²) in [6.07, 6.45) is 3.59. The molecule has 3 aromatic heterocycles. The van der Waals surface area contributed by atoms with Gasteiger partial charge in [-0.25, -0.2) is 0 Å². The second kappa shape index (κ2) is 10.6. The zero-order valence-electron chi connectivity index (χ0n) is 15.5. The first kappa shape index (κ1) is 20.1. The number of hydrogen-bond donors (Lipinski definition) is 2. The maximum atomic E-state index is 4.35. The Bertz CT molecular complexity index is 802. The third-order valence-electron chi connectivity index (χ3n) is 3.67. The minimum absolute atomic E-state index is 0.713. The van der Waals surface area contributed by atoms with E-state index in [-0.39, 0.29) is 0 Å². The van der Waals surface area contributed by atoms with E-state index in [1.54, 1.807) is 12.4 Å². The van der Waals surface area contributed by atoms with Crippen molar-refractivity contribution in [2.45, 2.75) is 18.8 Å². The first-order valence-electron chi connectivity index (χ1n) is 8.70. The Morgan fingerprint density at radius 2 is 1.74 bits per heavy atom. The average Bonchev–Trinajstić information content (AvgIpc) is 3.29. The quantitative estimate of drug-likeness (QED) is 0.454. The zero-order valence-corrected chi connectivity index (χ0v) is 18.0. The summed E-state index contributed by atoms with van der Waals surface area (Å²) in [5.41, 5.74) is 1.17. The fourth-order valence-electron chi connectivity index (χ4n) is 2.42. The molecule has 0 saturated heterocycles. The van der Waals surface area contributed by atoms with Gasteiger partial charge in [-0.1, -0.05) is 0 Å². The summed E-state index contributed by atoms with van der Waals surface area (Å²) in [7, 11) is 4.21. The van der Waals surface area contributed by atoms with Gasteiger partial charge in [-0.2, -0.15) is 20.5 Å². The van der Waals surface area contributed by atoms with Crippen LogP contribution in [0.2, 0.25) is 0 Å². The summed E-state index contributed by atoms with van der Waals surface area (Å²) in [5.74, 6) is 3.73. The van der Waals surface area contributed by atoms with Crippen molar-refractivity contribution in [2.75, 3.05) is 37.0 Å². The van der Waals surface area contributed by atoms with Crippen LogP contribution in [0.4, 0.5) is 11.6 Å². The largest absolute Gasteiger partial charge is 0.365 e. The summed E-state index contributed by atoms with van der Waals surface area (Å²) in [6, 6.07) is 8.46. The Kier molecular flexibility index (Phi) is 7.88. The Morgan fingerprint density at radius 3 is 2.52 bits per heavy atom. The molecule has 3 aromatic rings. The van der Waals surface area contributed by atoms with E-state index in [1.807, 2.05) is 35.2 Å². The zero-order chi connectivity index (χ0) is 18.9. The van der Waals surface area contributed by atoms with Crippen LogP contribution in [0, 0.1) is 0 Å². The predicted molar refractivity (Wildman–Crippen MR) is 118 cm³/mol. The summed E-state index contributed by atoms with van der Waals surface area (Å²) < 4.78 is 8.68. The van der Waals surface area contributed by atoms with Gasteiger partial charge in [0.05, 0.1) is 11.7 Å². The Balaban J connectivity index is 1.36. The molecular formula is C18H24N6S3. The third-order valence-corrected chi connectivity index (χ3v) is 6.46. The molecule has 0 aliphatic heterocycles. The standard InChI is InChI=1S/C18H24N6S3/c1-24(2)12-15-3-4-16(26-15)13-25-10-9-20-17-18(23-27-22-17)21-11-14-5-7-19-8-6-14/h3-8H,9-13H2,1-2H3,(H,20,22)(H,21,23). The van der Waals surface area contributed by atoms with Gasteiger partial charge in [0.1, 0.15) is 0 Å². The first-order valence-corrected chi connectivity index (χ1v) is 11.4. The number of thiophene rings is 1. The minimum atomic E-state index is 0.713. The van der Waals surface area contributed by atoms with Gasteiger partial charge in [0.25, 0.3) is 0 Å². The van der Waals surface area contributed by atoms with Crippen LogP contribution in [-0.4, -0.2) is 45.0 Å². The van der Waals surface area contributed by atoms with Crippen molar-refractivity contribution >= 4 is 46.5 Å². The number of nitrogens with one attached hydrogen (secondary N) is 2. The van der Waals surface area contributed by atoms with Crippen LogP contribution in [0.5, 0.6) is 0 Å². The summed E-state index contributed by atoms with van der Waals surface area (Å²) in [5, 5.41) is 6.72. The fourth-order valence-corrected chi connectivity index (χ4v) is 5.03. The van der Waals surface area contributed by atoms with Crippen LogP contribution < -0.4 is 10.6 Å². The highest BCUT2D eigenvalue weighted by atomic mass is 32.2. The molecule has 6 nitrogen and oxygen atoms in total. The summed E-state index contributed by atoms with van der Waals surface area (Å²) >= 11 is 5.07. The lowest BCUT2D eigenvalue weighted by atomic mass is 10.3. The lowest BCUT2D eigenvalue weighted by Crippen LogP contribution is -2.09. The van der Waals surface area contributed by atoms with E-state index in [1.165, 1.54) is 27.0 Å². The van der Waals surface area contributed by atoms with Gasteiger partial charge in [-0.05, 0) is 43.9 Å². The van der Waals surface area contributed by atoms with Crippen LogP contribution in [0.1, 0.15) is 15.3 Å². The molecule has 2 N–H and O–H groups in total. The molecule has 27 heavy (non-hydrogen) atoms. The molecule has 9 heteroatoms. The molecule has 3 rings (SSSR count). The Labute approximate surface area is 172 Å². The normalized spacial score (nSPS) is 11.1. The number of thioether (sulfide) groups is 1. The lowest BCUT2D eigenvalue weighted by molar-refractivity contribution is 0.406. The van der Waals surface area contributed by atoms with Crippen molar-refractivity contribution in [3.8, 4) is 0 Å². The predicted octanol–water partition coefficient (Wildman–Crippen LogP) is 4.01. The number of hydrogen-bond acceptors (Lipinski definition) is 9. The van der Waals surface area contributed by atoms with E-state index in [4.69, 9.17) is 0 Å². The maximum absolute atomic E-state index is 4.35. The Morgan fingerprint density at radius 1 is 1.00 bits per heavy atom. The molecule has 0 unspecified atom stereocenters. The van der Waals surface area contributed by atoms with Gasteiger partial charge in [-0.15, -0.1) is 11.3 Å². The molecule has 0 radical (unpaired) electrons. The second-order valence-corrected chi connectivity index (χ2v) is 9.14. The smallest absolute Gasteiger partial charge is 0.184 e. The van der Waals surface area contributed by atoms with Gasteiger partial charge in [0.2, 0.25) is 0 Å². The molecule has 0 aromatic carbocycles. The number of pyridine rings is 1. The van der Waals surface area contributed by atoms with E-state index in [0.717, 1.165) is 36.2 Å². The minimum Gasteiger partial charge on any atom is -0.365 e. The molecule has 0 atom stereocenters. The molecule has 0 spiro atoms. The van der Waals surface area contributed by atoms with E-state index in [9.17, 15) is 0 Å². The molecule has 0 saturated carbocycles. The van der Waals surface area contributed by atoms with Crippen molar-refractivity contribution in [1.29, 1.82) is 0 Å². The summed E-state index contributed by atoms with van der Waals surface area (Å²) in [4.78, 5) is 9.10. The van der Waals surface area contributed by atoms with E-state index in [2.05, 4.69) is 55.5 Å². The van der Waals surface area contributed by atoms with E-state index in [0.29, 0.717) is 6.54 Å². The van der Waals surface area contributed by atoms with Crippen molar-refractivity contribution < 1.29 is 0 Å². The molecule has 0 bridgehead atoms. The van der Waals surface area contributed by atoms with Crippen molar-refractivity contribution in [3.05, 3.63) is 52.0 Å². The molecular weight excluding hydrogens is 396 g/mol. The highest BCUT2D eigenvalue weighted by molar-refractivity contribution is 7.98. The SMILES string of the molecule is CN(C)Cc1ccc(CSCCNc2nsnc2NCc2ccncc2)s1. The topological polar surface area (TPSA) is 66.0 Å². The van der Waals surface area contributed by atoms with Crippen LogP contribution in [0.15, 0.2) is 36.7 Å². The van der Waals surface area contributed by atoms with E-state index < -0.39 is 0 Å². The van der Waals surface area contributed by atoms with Gasteiger partial charge < -0.3 is 15.5 Å². The van der Waals surface area contributed by atoms with Gasteiger partial charge in [-0.3, -0.25) is 4.98 Å². The van der Waals surface area contributed by atoms with Crippen LogP contribution >= 0.6 is 34.8 Å². The van der Waals surface area contributed by atoms with Crippen LogP contribution in [-0.2, 0) is 18.8 Å². The fraction of sp³-hybridized carbons (Fsp3) is 0.389. The molecule has 0 amide bonds. The van der Waals surface area contributed by atoms with Crippen molar-refractivity contribution in [3.63, 3.8) is 0 Å². The average molecular weight is 421 g/mol. The number of nitrogens with zero attached hydrogens (tertiary/aromatic N) is 4. The number of anilines is 2. The van der Waals surface area contributed by atoms with Crippen molar-refractivity contribution in [1.82, 2.24) is 18.6 Å². The highest BCUT2D eigenvalue weighted by Gasteiger charge is 2.07. The number of rotatable bonds is 11. The third kappa shape index (κ3) is 6.76. The van der Waals surface area contributed by atoms with Crippen LogP contribution in [0.25, 0.3) is 0 Å². The molecule has 0 aliphatic rings. The van der Waals surface area contributed by atoms with Gasteiger partial charge >= 0.3 is 0 Å². The maximum Gasteiger partial charge on any atom is 0.184 e. The lowest BCUT2D eigenvalue weighted by Gasteiger charge is -2.07. The summed E-state index contributed by atoms with van der Waals surface area (Å²) in [6.45, 7) is 2.60. The van der Waals surface area contributed by atoms with Crippen LogP contribution in [0.3, 0.4) is 0 Å². The highest BCUT2D eigenvalue weighted by Crippen LogP contribution is 2.23. The second-order valence-electron chi connectivity index (χ2n) is 6.26. The number of aromatic nitrogens is 3. The molecule has 3 heterocycles. The van der Waals surface area contributed by atoms with Gasteiger partial charge in [0.15, 0.2) is 11.6 Å². The van der Waals surface area contributed by atoms with E-state index >= 15 is 0 Å². The van der Waals surface area contributed by atoms with Gasteiger partial charge in [0, 0.05) is 53.3 Å².